The summed E-state index contributed by atoms with van der Waals surface area (Å²) >= 11 is 0. The molecule has 0 aliphatic carbocycles. The molecule has 1 heterocycles. The van der Waals surface area contributed by atoms with E-state index in [1.807, 2.05) is 61.5 Å². The highest BCUT2D eigenvalue weighted by Gasteiger charge is 2.17. The van der Waals surface area contributed by atoms with Crippen molar-refractivity contribution in [3.63, 3.8) is 0 Å². The molecule has 0 saturated heterocycles. The van der Waals surface area contributed by atoms with Gasteiger partial charge in [0.1, 0.15) is 5.75 Å². The van der Waals surface area contributed by atoms with Gasteiger partial charge in [-0.15, -0.1) is 0 Å². The number of hydrogen-bond donors (Lipinski definition) is 0. The first kappa shape index (κ1) is 14.2. The first-order chi connectivity index (χ1) is 10.8. The van der Waals surface area contributed by atoms with Crippen LogP contribution >= 0.6 is 0 Å². The Morgan fingerprint density at radius 2 is 1.86 bits per heavy atom. The maximum atomic E-state index is 8.89. The molecule has 0 N–H and O–H groups in total. The largest absolute Gasteiger partial charge is 0.483 e. The second-order valence-corrected chi connectivity index (χ2v) is 5.09. The molecule has 1 atom stereocenters. The Morgan fingerprint density at radius 1 is 1.14 bits per heavy atom. The highest BCUT2D eigenvalue weighted by molar-refractivity contribution is 5.76. The molecular weight excluding hydrogens is 274 g/mol. The van der Waals surface area contributed by atoms with Crippen LogP contribution in [0.4, 0.5) is 0 Å². The molecule has 1 unspecified atom stereocenters. The SMILES string of the molecule is CC(Oc1ccccc1)c1nc2ccccc2n1CCC#N. The van der Waals surface area contributed by atoms with Gasteiger partial charge in [-0.05, 0) is 31.2 Å². The average Bonchev–Trinajstić information content (AvgIpc) is 2.92. The van der Waals surface area contributed by atoms with E-state index in [1.165, 1.54) is 0 Å². The molecule has 0 spiro atoms. The quantitative estimate of drug-likeness (QED) is 0.711. The number of nitrogens with zero attached hydrogens (tertiary/aromatic N) is 3. The maximum Gasteiger partial charge on any atom is 0.153 e. The number of imidazole rings is 1. The van der Waals surface area contributed by atoms with Crippen molar-refractivity contribution >= 4 is 11.0 Å². The van der Waals surface area contributed by atoms with E-state index in [4.69, 9.17) is 15.0 Å². The minimum atomic E-state index is -0.187. The summed E-state index contributed by atoms with van der Waals surface area (Å²) in [5.74, 6) is 1.66. The summed E-state index contributed by atoms with van der Waals surface area (Å²) in [7, 11) is 0. The number of fused-ring (bicyclic) bond motifs is 1. The van der Waals surface area contributed by atoms with Gasteiger partial charge in [0.05, 0.1) is 23.5 Å². The Hall–Kier alpha value is -2.80. The third-order valence-electron chi connectivity index (χ3n) is 3.55. The fourth-order valence-corrected chi connectivity index (χ4v) is 2.56. The molecule has 0 aliphatic rings. The van der Waals surface area contributed by atoms with Crippen molar-refractivity contribution in [2.75, 3.05) is 0 Å². The van der Waals surface area contributed by atoms with Crippen molar-refractivity contribution < 1.29 is 4.74 Å². The Balaban J connectivity index is 1.96. The molecule has 3 rings (SSSR count). The Kier molecular flexibility index (Phi) is 4.06. The fourth-order valence-electron chi connectivity index (χ4n) is 2.56. The molecule has 0 amide bonds. The van der Waals surface area contributed by atoms with Gasteiger partial charge in [0.2, 0.25) is 0 Å². The zero-order chi connectivity index (χ0) is 15.4. The number of rotatable bonds is 5. The van der Waals surface area contributed by atoms with E-state index in [0.717, 1.165) is 22.6 Å². The number of para-hydroxylation sites is 3. The van der Waals surface area contributed by atoms with Gasteiger partial charge in [0, 0.05) is 6.54 Å². The monoisotopic (exact) mass is 291 g/mol. The van der Waals surface area contributed by atoms with Crippen LogP contribution in [0.5, 0.6) is 5.75 Å². The van der Waals surface area contributed by atoms with E-state index in [0.29, 0.717) is 13.0 Å². The van der Waals surface area contributed by atoms with Gasteiger partial charge in [-0.1, -0.05) is 30.3 Å². The Morgan fingerprint density at radius 3 is 2.64 bits per heavy atom. The lowest BCUT2D eigenvalue weighted by Crippen LogP contribution is -2.12. The van der Waals surface area contributed by atoms with Crippen molar-refractivity contribution in [2.45, 2.75) is 26.0 Å². The lowest BCUT2D eigenvalue weighted by Gasteiger charge is -2.16. The summed E-state index contributed by atoms with van der Waals surface area (Å²) in [4.78, 5) is 4.69. The second kappa shape index (κ2) is 6.31. The van der Waals surface area contributed by atoms with E-state index < -0.39 is 0 Å². The molecular formula is C18H17N3O. The highest BCUT2D eigenvalue weighted by atomic mass is 16.5. The lowest BCUT2D eigenvalue weighted by molar-refractivity contribution is 0.211. The fraction of sp³-hybridized carbons (Fsp3) is 0.222. The molecule has 4 nitrogen and oxygen atoms in total. The summed E-state index contributed by atoms with van der Waals surface area (Å²) in [5.41, 5.74) is 1.97. The normalized spacial score (nSPS) is 12.0. The first-order valence-corrected chi connectivity index (χ1v) is 7.33. The molecule has 3 aromatic rings. The smallest absolute Gasteiger partial charge is 0.153 e. The molecule has 4 heteroatoms. The summed E-state index contributed by atoms with van der Waals surface area (Å²) in [5, 5.41) is 8.89. The Bertz CT molecular complexity index is 802. The molecule has 0 fully saturated rings. The van der Waals surface area contributed by atoms with E-state index in [-0.39, 0.29) is 6.10 Å². The molecule has 110 valence electrons. The van der Waals surface area contributed by atoms with E-state index in [9.17, 15) is 0 Å². The van der Waals surface area contributed by atoms with Crippen molar-refractivity contribution in [1.82, 2.24) is 9.55 Å². The van der Waals surface area contributed by atoms with Crippen LogP contribution in [0.2, 0.25) is 0 Å². The van der Waals surface area contributed by atoms with Crippen LogP contribution in [-0.2, 0) is 6.54 Å². The highest BCUT2D eigenvalue weighted by Crippen LogP contribution is 2.25. The van der Waals surface area contributed by atoms with E-state index in [1.54, 1.807) is 0 Å². The molecule has 0 saturated carbocycles. The number of nitriles is 1. The third-order valence-corrected chi connectivity index (χ3v) is 3.55. The van der Waals surface area contributed by atoms with Gasteiger partial charge < -0.3 is 9.30 Å². The molecule has 1 aromatic heterocycles. The standard InChI is InChI=1S/C18H17N3O/c1-14(22-15-8-3-2-4-9-15)18-20-16-10-5-6-11-17(16)21(18)13-7-12-19/h2-6,8-11,14H,7,13H2,1H3. The third kappa shape index (κ3) is 2.79. The summed E-state index contributed by atoms with van der Waals surface area (Å²) < 4.78 is 8.06. The van der Waals surface area contributed by atoms with Gasteiger partial charge >= 0.3 is 0 Å². The van der Waals surface area contributed by atoms with Crippen LogP contribution in [0.25, 0.3) is 11.0 Å². The predicted octanol–water partition coefficient (Wildman–Crippen LogP) is 4.09. The van der Waals surface area contributed by atoms with Gasteiger partial charge in [0.25, 0.3) is 0 Å². The van der Waals surface area contributed by atoms with Gasteiger partial charge in [0.15, 0.2) is 11.9 Å². The van der Waals surface area contributed by atoms with E-state index >= 15 is 0 Å². The van der Waals surface area contributed by atoms with Crippen molar-refractivity contribution in [2.24, 2.45) is 0 Å². The van der Waals surface area contributed by atoms with Crippen LogP contribution < -0.4 is 4.74 Å². The molecule has 2 aromatic carbocycles. The number of benzene rings is 2. The summed E-state index contributed by atoms with van der Waals surface area (Å²) in [6.45, 7) is 2.60. The van der Waals surface area contributed by atoms with Crippen molar-refractivity contribution in [1.29, 1.82) is 5.26 Å². The zero-order valence-corrected chi connectivity index (χ0v) is 12.4. The zero-order valence-electron chi connectivity index (χ0n) is 12.4. The van der Waals surface area contributed by atoms with Crippen LogP contribution in [0.15, 0.2) is 54.6 Å². The van der Waals surface area contributed by atoms with Gasteiger partial charge in [-0.3, -0.25) is 0 Å². The van der Waals surface area contributed by atoms with Gasteiger partial charge in [-0.25, -0.2) is 4.98 Å². The van der Waals surface area contributed by atoms with Crippen molar-refractivity contribution in [3.8, 4) is 11.8 Å². The molecule has 22 heavy (non-hydrogen) atoms. The topological polar surface area (TPSA) is 50.8 Å². The number of hydrogen-bond acceptors (Lipinski definition) is 3. The summed E-state index contributed by atoms with van der Waals surface area (Å²) in [6, 6.07) is 19.9. The van der Waals surface area contributed by atoms with Crippen LogP contribution in [0.1, 0.15) is 25.3 Å². The van der Waals surface area contributed by atoms with E-state index in [2.05, 4.69) is 10.6 Å². The lowest BCUT2D eigenvalue weighted by atomic mass is 10.3. The summed E-state index contributed by atoms with van der Waals surface area (Å²) in [6.07, 6.45) is 0.263. The van der Waals surface area contributed by atoms with Crippen LogP contribution in [0.3, 0.4) is 0 Å². The minimum absolute atomic E-state index is 0.187. The molecule has 0 radical (unpaired) electrons. The first-order valence-electron chi connectivity index (χ1n) is 7.33. The van der Waals surface area contributed by atoms with Crippen LogP contribution in [0, 0.1) is 11.3 Å². The predicted molar refractivity (Wildman–Crippen MR) is 85.4 cm³/mol. The van der Waals surface area contributed by atoms with Crippen LogP contribution in [-0.4, -0.2) is 9.55 Å². The average molecular weight is 291 g/mol. The number of aromatic nitrogens is 2. The maximum absolute atomic E-state index is 8.89. The molecule has 0 aliphatic heterocycles. The van der Waals surface area contributed by atoms with Gasteiger partial charge in [-0.2, -0.15) is 5.26 Å². The van der Waals surface area contributed by atoms with Crippen molar-refractivity contribution in [3.05, 3.63) is 60.4 Å². The number of ether oxygens (including phenoxy) is 1. The Labute approximate surface area is 129 Å². The minimum Gasteiger partial charge on any atom is -0.483 e. The molecule has 0 bridgehead atoms. The number of aryl methyl sites for hydroxylation is 1. The second-order valence-electron chi connectivity index (χ2n) is 5.09.